The Morgan fingerprint density at radius 1 is 1.39 bits per heavy atom. The van der Waals surface area contributed by atoms with Gasteiger partial charge in [-0.2, -0.15) is 0 Å². The molecule has 0 spiro atoms. The Morgan fingerprint density at radius 2 is 2.17 bits per heavy atom. The Bertz CT molecular complexity index is 542. The minimum absolute atomic E-state index is 0.259. The molecule has 0 aliphatic heterocycles. The number of halogens is 2. The largest absolute Gasteiger partial charge is 0.488 e. The van der Waals surface area contributed by atoms with E-state index in [0.717, 1.165) is 8.66 Å². The highest BCUT2D eigenvalue weighted by Gasteiger charge is 2.10. The van der Waals surface area contributed by atoms with Gasteiger partial charge in [0, 0.05) is 16.5 Å². The maximum atomic E-state index is 13.2. The molecular weight excluding hydrogens is 317 g/mol. The average molecular weight is 330 g/mol. The van der Waals surface area contributed by atoms with Crippen LogP contribution in [0.4, 0.5) is 4.39 Å². The lowest BCUT2D eigenvalue weighted by molar-refractivity contribution is 0.304. The molecule has 0 aliphatic carbocycles. The molecule has 2 N–H and O–H groups in total. The standard InChI is InChI=1S/C13H13BrFNOS/c1-8(16)11-6-9(15)2-4-12(11)17-7-10-3-5-13(14)18-10/h2-6,8H,7,16H2,1H3/t8-/m0/s1. The summed E-state index contributed by atoms with van der Waals surface area (Å²) in [7, 11) is 0. The van der Waals surface area contributed by atoms with Crippen LogP contribution in [0.1, 0.15) is 23.4 Å². The van der Waals surface area contributed by atoms with Crippen molar-refractivity contribution >= 4 is 27.3 Å². The molecule has 0 bridgehead atoms. The van der Waals surface area contributed by atoms with Crippen LogP contribution in [0.3, 0.4) is 0 Å². The summed E-state index contributed by atoms with van der Waals surface area (Å²) in [5, 5.41) is 0. The molecular formula is C13H13BrFNOS. The van der Waals surface area contributed by atoms with Gasteiger partial charge in [-0.25, -0.2) is 4.39 Å². The molecule has 18 heavy (non-hydrogen) atoms. The monoisotopic (exact) mass is 329 g/mol. The highest BCUT2D eigenvalue weighted by molar-refractivity contribution is 9.11. The maximum absolute atomic E-state index is 13.2. The van der Waals surface area contributed by atoms with Crippen LogP contribution < -0.4 is 10.5 Å². The van der Waals surface area contributed by atoms with Crippen LogP contribution in [0.5, 0.6) is 5.75 Å². The van der Waals surface area contributed by atoms with E-state index in [9.17, 15) is 4.39 Å². The first kappa shape index (κ1) is 13.5. The number of hydrogen-bond acceptors (Lipinski definition) is 3. The zero-order chi connectivity index (χ0) is 13.1. The van der Waals surface area contributed by atoms with Gasteiger partial charge < -0.3 is 10.5 Å². The molecule has 2 nitrogen and oxygen atoms in total. The van der Waals surface area contributed by atoms with Crippen molar-refractivity contribution in [2.45, 2.75) is 19.6 Å². The summed E-state index contributed by atoms with van der Waals surface area (Å²) in [5.41, 5.74) is 6.49. The van der Waals surface area contributed by atoms with E-state index in [1.807, 2.05) is 19.1 Å². The molecule has 0 radical (unpaired) electrons. The Morgan fingerprint density at radius 3 is 2.78 bits per heavy atom. The lowest BCUT2D eigenvalue weighted by Crippen LogP contribution is -2.08. The van der Waals surface area contributed by atoms with Crippen molar-refractivity contribution in [2.24, 2.45) is 5.73 Å². The normalized spacial score (nSPS) is 12.4. The van der Waals surface area contributed by atoms with Crippen molar-refractivity contribution < 1.29 is 9.13 Å². The molecule has 1 aromatic carbocycles. The third kappa shape index (κ3) is 3.31. The van der Waals surface area contributed by atoms with Crippen molar-refractivity contribution in [3.63, 3.8) is 0 Å². The van der Waals surface area contributed by atoms with Crippen LogP contribution in [-0.4, -0.2) is 0 Å². The molecule has 2 rings (SSSR count). The predicted octanol–water partition coefficient (Wildman–Crippen LogP) is 4.25. The summed E-state index contributed by atoms with van der Waals surface area (Å²) in [6, 6.07) is 8.13. The minimum atomic E-state index is -0.298. The molecule has 2 aromatic rings. The van der Waals surface area contributed by atoms with Gasteiger partial charge in [-0.3, -0.25) is 0 Å². The van der Waals surface area contributed by atoms with E-state index in [2.05, 4.69) is 15.9 Å². The van der Waals surface area contributed by atoms with Gasteiger partial charge in [0.2, 0.25) is 0 Å². The van der Waals surface area contributed by atoms with Crippen LogP contribution in [-0.2, 0) is 6.61 Å². The Labute approximate surface area is 118 Å². The van der Waals surface area contributed by atoms with E-state index in [-0.39, 0.29) is 11.9 Å². The lowest BCUT2D eigenvalue weighted by Gasteiger charge is -2.13. The summed E-state index contributed by atoms with van der Waals surface area (Å²) in [6.07, 6.45) is 0. The Kier molecular flexibility index (Phi) is 4.37. The molecule has 1 atom stereocenters. The maximum Gasteiger partial charge on any atom is 0.124 e. The third-order valence-corrected chi connectivity index (χ3v) is 4.06. The van der Waals surface area contributed by atoms with E-state index >= 15 is 0 Å². The summed E-state index contributed by atoms with van der Waals surface area (Å²) in [6.45, 7) is 2.27. The predicted molar refractivity (Wildman–Crippen MR) is 75.4 cm³/mol. The van der Waals surface area contributed by atoms with Crippen molar-refractivity contribution in [1.82, 2.24) is 0 Å². The van der Waals surface area contributed by atoms with Gasteiger partial charge in [0.1, 0.15) is 18.2 Å². The number of thiophene rings is 1. The average Bonchev–Trinajstić information content (AvgIpc) is 2.73. The fraction of sp³-hybridized carbons (Fsp3) is 0.231. The number of hydrogen-bond donors (Lipinski definition) is 1. The second-order valence-electron chi connectivity index (χ2n) is 3.97. The summed E-state index contributed by atoms with van der Waals surface area (Å²) >= 11 is 5.01. The highest BCUT2D eigenvalue weighted by atomic mass is 79.9. The van der Waals surface area contributed by atoms with E-state index in [0.29, 0.717) is 17.9 Å². The second kappa shape index (κ2) is 5.82. The Hall–Kier alpha value is -0.910. The first-order valence-corrected chi connectivity index (χ1v) is 7.09. The van der Waals surface area contributed by atoms with Gasteiger partial charge in [-0.05, 0) is 53.2 Å². The number of rotatable bonds is 4. The fourth-order valence-corrected chi connectivity index (χ4v) is 2.98. The molecule has 1 aromatic heterocycles. The quantitative estimate of drug-likeness (QED) is 0.910. The summed E-state index contributed by atoms with van der Waals surface area (Å²) in [4.78, 5) is 1.10. The molecule has 0 saturated carbocycles. The second-order valence-corrected chi connectivity index (χ2v) is 6.51. The summed E-state index contributed by atoms with van der Waals surface area (Å²) in [5.74, 6) is 0.337. The van der Waals surface area contributed by atoms with Crippen molar-refractivity contribution in [3.05, 3.63) is 50.4 Å². The number of ether oxygens (including phenoxy) is 1. The van der Waals surface area contributed by atoms with Crippen molar-refractivity contribution in [3.8, 4) is 5.75 Å². The van der Waals surface area contributed by atoms with Crippen LogP contribution in [0, 0.1) is 5.82 Å². The number of benzene rings is 1. The molecule has 0 saturated heterocycles. The van der Waals surface area contributed by atoms with Crippen LogP contribution in [0.2, 0.25) is 0 Å². The highest BCUT2D eigenvalue weighted by Crippen LogP contribution is 2.27. The first-order valence-electron chi connectivity index (χ1n) is 5.48. The van der Waals surface area contributed by atoms with Gasteiger partial charge >= 0.3 is 0 Å². The first-order chi connectivity index (χ1) is 8.56. The Balaban J connectivity index is 2.13. The molecule has 5 heteroatoms. The van der Waals surface area contributed by atoms with Crippen LogP contribution in [0.25, 0.3) is 0 Å². The van der Waals surface area contributed by atoms with E-state index in [1.54, 1.807) is 17.4 Å². The van der Waals surface area contributed by atoms with Gasteiger partial charge in [0.25, 0.3) is 0 Å². The molecule has 96 valence electrons. The van der Waals surface area contributed by atoms with Gasteiger partial charge in [0.15, 0.2) is 0 Å². The molecule has 0 unspecified atom stereocenters. The zero-order valence-corrected chi connectivity index (χ0v) is 12.2. The topological polar surface area (TPSA) is 35.2 Å². The third-order valence-electron chi connectivity index (χ3n) is 2.46. The van der Waals surface area contributed by atoms with E-state index in [4.69, 9.17) is 10.5 Å². The lowest BCUT2D eigenvalue weighted by atomic mass is 10.1. The smallest absolute Gasteiger partial charge is 0.124 e. The molecule has 0 fully saturated rings. The van der Waals surface area contributed by atoms with E-state index in [1.165, 1.54) is 12.1 Å². The summed E-state index contributed by atoms with van der Waals surface area (Å²) < 4.78 is 19.9. The van der Waals surface area contributed by atoms with Gasteiger partial charge in [-0.15, -0.1) is 11.3 Å². The molecule has 0 amide bonds. The van der Waals surface area contributed by atoms with Crippen LogP contribution >= 0.6 is 27.3 Å². The van der Waals surface area contributed by atoms with Crippen molar-refractivity contribution in [2.75, 3.05) is 0 Å². The van der Waals surface area contributed by atoms with Gasteiger partial charge in [-0.1, -0.05) is 0 Å². The molecule has 0 aliphatic rings. The van der Waals surface area contributed by atoms with Crippen molar-refractivity contribution in [1.29, 1.82) is 0 Å². The SMILES string of the molecule is C[C@H](N)c1cc(F)ccc1OCc1ccc(Br)s1. The van der Waals surface area contributed by atoms with Crippen LogP contribution in [0.15, 0.2) is 34.1 Å². The van der Waals surface area contributed by atoms with Gasteiger partial charge in [0.05, 0.1) is 3.79 Å². The zero-order valence-electron chi connectivity index (χ0n) is 9.82. The minimum Gasteiger partial charge on any atom is -0.488 e. The fourth-order valence-electron chi connectivity index (χ4n) is 1.58. The number of nitrogens with two attached hydrogens (primary N) is 1. The van der Waals surface area contributed by atoms with E-state index < -0.39 is 0 Å². The molecule has 1 heterocycles.